The van der Waals surface area contributed by atoms with Gasteiger partial charge in [-0.25, -0.2) is 9.97 Å². The molecular formula is C19H29N7. The van der Waals surface area contributed by atoms with Gasteiger partial charge in [0.15, 0.2) is 5.82 Å². The highest BCUT2D eigenvalue weighted by atomic mass is 15.3. The van der Waals surface area contributed by atoms with Crippen molar-refractivity contribution in [3.63, 3.8) is 0 Å². The Bertz CT molecular complexity index is 721. The fourth-order valence-electron chi connectivity index (χ4n) is 3.08. The number of rotatable bonds is 4. The number of hydrogen-bond donors (Lipinski definition) is 1. The zero-order chi connectivity index (χ0) is 18.7. The molecule has 1 saturated heterocycles. The van der Waals surface area contributed by atoms with Crippen molar-refractivity contribution >= 4 is 17.5 Å². The molecule has 2 aromatic heterocycles. The van der Waals surface area contributed by atoms with Crippen LogP contribution < -0.4 is 15.1 Å². The van der Waals surface area contributed by atoms with Gasteiger partial charge in [-0.1, -0.05) is 20.8 Å². The summed E-state index contributed by atoms with van der Waals surface area (Å²) in [6.07, 6.45) is 3.84. The largest absolute Gasteiger partial charge is 0.365 e. The molecule has 26 heavy (non-hydrogen) atoms. The summed E-state index contributed by atoms with van der Waals surface area (Å²) in [5.74, 6) is 2.71. The Balaban J connectivity index is 1.67. The van der Waals surface area contributed by atoms with Crippen LogP contribution in [0.4, 0.5) is 17.5 Å². The molecule has 3 rings (SSSR count). The number of nitrogens with one attached hydrogen (secondary N) is 1. The van der Waals surface area contributed by atoms with E-state index >= 15 is 0 Å². The smallest absolute Gasteiger partial charge is 0.151 e. The second kappa shape index (κ2) is 7.43. The summed E-state index contributed by atoms with van der Waals surface area (Å²) < 4.78 is 0. The van der Waals surface area contributed by atoms with Crippen LogP contribution in [-0.4, -0.2) is 53.4 Å². The number of hydrogen-bond acceptors (Lipinski definition) is 7. The van der Waals surface area contributed by atoms with Crippen molar-refractivity contribution in [2.45, 2.75) is 45.1 Å². The molecule has 0 aromatic carbocycles. The van der Waals surface area contributed by atoms with Crippen molar-refractivity contribution in [2.75, 3.05) is 42.3 Å². The highest BCUT2D eigenvalue weighted by molar-refractivity contribution is 5.48. The lowest BCUT2D eigenvalue weighted by atomic mass is 9.92. The third-order valence-corrected chi connectivity index (χ3v) is 4.63. The van der Waals surface area contributed by atoms with Gasteiger partial charge in [0.05, 0.1) is 5.69 Å². The van der Waals surface area contributed by atoms with Crippen LogP contribution in [-0.2, 0) is 5.41 Å². The van der Waals surface area contributed by atoms with Crippen molar-refractivity contribution in [3.05, 3.63) is 30.2 Å². The van der Waals surface area contributed by atoms with Crippen LogP contribution in [0.1, 0.15) is 39.3 Å². The first-order valence-corrected chi connectivity index (χ1v) is 9.18. The molecule has 0 saturated carbocycles. The predicted molar refractivity (Wildman–Crippen MR) is 106 cm³/mol. The second-order valence-electron chi connectivity index (χ2n) is 8.11. The van der Waals surface area contributed by atoms with Crippen LogP contribution in [0.15, 0.2) is 24.5 Å². The fourth-order valence-corrected chi connectivity index (χ4v) is 3.08. The predicted octanol–water partition coefficient (Wildman–Crippen LogP) is 2.71. The van der Waals surface area contributed by atoms with E-state index in [0.29, 0.717) is 6.04 Å². The van der Waals surface area contributed by atoms with Crippen LogP contribution in [0, 0.1) is 0 Å². The molecule has 1 unspecified atom stereocenters. The Kier molecular flexibility index (Phi) is 5.25. The molecule has 0 radical (unpaired) electrons. The number of aromatic nitrogens is 4. The first-order valence-electron chi connectivity index (χ1n) is 9.18. The molecule has 1 aliphatic rings. The van der Waals surface area contributed by atoms with E-state index in [4.69, 9.17) is 0 Å². The zero-order valence-corrected chi connectivity index (χ0v) is 16.4. The van der Waals surface area contributed by atoms with Gasteiger partial charge in [-0.05, 0) is 25.0 Å². The molecular weight excluding hydrogens is 326 g/mol. The first kappa shape index (κ1) is 18.4. The molecule has 1 N–H and O–H groups in total. The third-order valence-electron chi connectivity index (χ3n) is 4.63. The highest BCUT2D eigenvalue weighted by Gasteiger charge is 2.23. The lowest BCUT2D eigenvalue weighted by molar-refractivity contribution is 0.519. The van der Waals surface area contributed by atoms with E-state index in [9.17, 15) is 0 Å². The van der Waals surface area contributed by atoms with Crippen molar-refractivity contribution in [1.82, 2.24) is 20.2 Å². The van der Waals surface area contributed by atoms with Crippen molar-refractivity contribution < 1.29 is 0 Å². The highest BCUT2D eigenvalue weighted by Crippen LogP contribution is 2.23. The van der Waals surface area contributed by atoms with Gasteiger partial charge in [0, 0.05) is 44.7 Å². The molecule has 1 atom stereocenters. The normalized spacial score (nSPS) is 17.9. The number of anilines is 3. The van der Waals surface area contributed by atoms with Crippen LogP contribution >= 0.6 is 0 Å². The maximum atomic E-state index is 4.46. The minimum absolute atomic E-state index is 0.0225. The lowest BCUT2D eigenvalue weighted by Crippen LogP contribution is -2.42. The van der Waals surface area contributed by atoms with E-state index in [-0.39, 0.29) is 5.41 Å². The van der Waals surface area contributed by atoms with E-state index < -0.39 is 0 Å². The Hall–Kier alpha value is -2.44. The number of nitrogens with zero attached hydrogens (tertiary/aromatic N) is 6. The third kappa shape index (κ3) is 4.39. The molecule has 7 nitrogen and oxygen atoms in total. The van der Waals surface area contributed by atoms with Crippen molar-refractivity contribution in [2.24, 2.45) is 0 Å². The molecule has 2 aromatic rings. The van der Waals surface area contributed by atoms with Gasteiger partial charge in [0.25, 0.3) is 0 Å². The summed E-state index contributed by atoms with van der Waals surface area (Å²) in [6.45, 7) is 8.36. The van der Waals surface area contributed by atoms with Gasteiger partial charge >= 0.3 is 0 Å². The van der Waals surface area contributed by atoms with Crippen LogP contribution in [0.5, 0.6) is 0 Å². The summed E-state index contributed by atoms with van der Waals surface area (Å²) in [5.41, 5.74) is 1.04. The van der Waals surface area contributed by atoms with E-state index in [1.165, 1.54) is 0 Å². The maximum absolute atomic E-state index is 4.46. The minimum atomic E-state index is 0.0225. The van der Waals surface area contributed by atoms with Crippen molar-refractivity contribution in [1.29, 1.82) is 0 Å². The standard InChI is InChI=1S/C19H29N7/c1-19(2,3)15-8-9-17(24-23-15)26-10-6-7-14(12-26)22-16-11-18(25(4)5)21-13-20-16/h8-9,11,13-14H,6-7,10,12H2,1-5H3,(H,20,21,22). The van der Waals surface area contributed by atoms with Crippen LogP contribution in [0.2, 0.25) is 0 Å². The van der Waals surface area contributed by atoms with Gasteiger partial charge in [0.1, 0.15) is 18.0 Å². The van der Waals surface area contributed by atoms with Gasteiger partial charge in [-0.3, -0.25) is 0 Å². The van der Waals surface area contributed by atoms with Gasteiger partial charge in [-0.15, -0.1) is 5.10 Å². The Labute approximate surface area is 155 Å². The summed E-state index contributed by atoms with van der Waals surface area (Å²) in [5, 5.41) is 12.4. The van der Waals surface area contributed by atoms with E-state index in [1.807, 2.05) is 25.1 Å². The average molecular weight is 355 g/mol. The molecule has 7 heteroatoms. The van der Waals surface area contributed by atoms with Gasteiger partial charge in [0.2, 0.25) is 0 Å². The Morgan fingerprint density at radius 1 is 1.15 bits per heavy atom. The molecule has 0 bridgehead atoms. The van der Waals surface area contributed by atoms with E-state index in [0.717, 1.165) is 49.1 Å². The summed E-state index contributed by atoms with van der Waals surface area (Å²) in [4.78, 5) is 12.9. The van der Waals surface area contributed by atoms with E-state index in [1.54, 1.807) is 6.33 Å². The van der Waals surface area contributed by atoms with Gasteiger partial charge in [-0.2, -0.15) is 5.10 Å². The van der Waals surface area contributed by atoms with Crippen LogP contribution in [0.3, 0.4) is 0 Å². The molecule has 1 aliphatic heterocycles. The molecule has 0 aliphatic carbocycles. The summed E-state index contributed by atoms with van der Waals surface area (Å²) >= 11 is 0. The topological polar surface area (TPSA) is 70.1 Å². The minimum Gasteiger partial charge on any atom is -0.365 e. The maximum Gasteiger partial charge on any atom is 0.151 e. The Morgan fingerprint density at radius 2 is 1.96 bits per heavy atom. The fraction of sp³-hybridized carbons (Fsp3) is 0.579. The molecule has 3 heterocycles. The average Bonchev–Trinajstić information content (AvgIpc) is 2.61. The summed E-state index contributed by atoms with van der Waals surface area (Å²) in [6, 6.07) is 6.49. The molecule has 0 amide bonds. The first-order chi connectivity index (χ1) is 12.3. The summed E-state index contributed by atoms with van der Waals surface area (Å²) in [7, 11) is 3.96. The van der Waals surface area contributed by atoms with E-state index in [2.05, 4.69) is 63.3 Å². The molecule has 140 valence electrons. The SMILES string of the molecule is CN(C)c1cc(NC2CCCN(c3ccc(C(C)(C)C)nn3)C2)ncn1. The number of piperidine rings is 1. The second-order valence-corrected chi connectivity index (χ2v) is 8.11. The van der Waals surface area contributed by atoms with Crippen LogP contribution in [0.25, 0.3) is 0 Å². The lowest BCUT2D eigenvalue weighted by Gasteiger charge is -2.34. The monoisotopic (exact) mass is 355 g/mol. The molecule has 1 fully saturated rings. The van der Waals surface area contributed by atoms with Gasteiger partial charge < -0.3 is 15.1 Å². The quantitative estimate of drug-likeness (QED) is 0.904. The zero-order valence-electron chi connectivity index (χ0n) is 16.4. The molecule has 0 spiro atoms. The van der Waals surface area contributed by atoms with Crippen molar-refractivity contribution in [3.8, 4) is 0 Å². The Morgan fingerprint density at radius 3 is 2.62 bits per heavy atom.